The van der Waals surface area contributed by atoms with Gasteiger partial charge in [0.2, 0.25) is 0 Å². The van der Waals surface area contributed by atoms with Crippen molar-refractivity contribution in [1.82, 2.24) is 56.8 Å². The number of likely N-dealkylation sites (N-methyl/N-ethyl adjacent to an activating group) is 2. The third-order valence-corrected chi connectivity index (χ3v) is 12.1. The second kappa shape index (κ2) is 37.3. The molecule has 340 valence electrons. The molecule has 3 unspecified atom stereocenters. The summed E-state index contributed by atoms with van der Waals surface area (Å²) in [5.41, 5.74) is 0. The van der Waals surface area contributed by atoms with E-state index in [1.807, 2.05) is 0 Å². The highest BCUT2D eigenvalue weighted by molar-refractivity contribution is 4.72. The third-order valence-electron chi connectivity index (χ3n) is 12.1. The van der Waals surface area contributed by atoms with Crippen molar-refractivity contribution in [3.63, 3.8) is 0 Å². The maximum atomic E-state index is 5.33. The molecule has 8 saturated heterocycles. The Morgan fingerprint density at radius 2 is 0.895 bits per heavy atom. The van der Waals surface area contributed by atoms with Crippen LogP contribution in [0.2, 0.25) is 0 Å². The quantitative estimate of drug-likeness (QED) is 0.228. The molecule has 0 aromatic carbocycles. The molecule has 8 rings (SSSR count). The maximum Gasteiger partial charge on any atom is 0.0594 e. The van der Waals surface area contributed by atoms with Gasteiger partial charge in [0, 0.05) is 97.7 Å². The van der Waals surface area contributed by atoms with E-state index < -0.39 is 0 Å². The maximum absolute atomic E-state index is 5.33. The number of hydrogen-bond acceptors (Lipinski definition) is 12. The summed E-state index contributed by atoms with van der Waals surface area (Å²) in [6, 6.07) is 0.786. The van der Waals surface area contributed by atoms with Gasteiger partial charge in [-0.2, -0.15) is 0 Å². The van der Waals surface area contributed by atoms with E-state index in [0.717, 1.165) is 82.8 Å². The molecule has 0 aromatic heterocycles. The van der Waals surface area contributed by atoms with Crippen LogP contribution in [0, 0.1) is 17.8 Å². The van der Waals surface area contributed by atoms with E-state index in [4.69, 9.17) is 4.74 Å². The van der Waals surface area contributed by atoms with Crippen LogP contribution >= 0.6 is 0 Å². The zero-order chi connectivity index (χ0) is 41.0. The van der Waals surface area contributed by atoms with Crippen LogP contribution in [0.3, 0.4) is 0 Å². The minimum absolute atomic E-state index is 0.786. The van der Waals surface area contributed by atoms with Gasteiger partial charge >= 0.3 is 0 Å². The Balaban J connectivity index is 0.000000235. The Labute approximate surface area is 354 Å². The van der Waals surface area contributed by atoms with Gasteiger partial charge < -0.3 is 51.8 Å². The second-order valence-electron chi connectivity index (χ2n) is 18.2. The summed E-state index contributed by atoms with van der Waals surface area (Å²) in [6.45, 7) is 38.7. The predicted molar refractivity (Wildman–Crippen MR) is 247 cm³/mol. The Hall–Kier alpha value is -0.480. The van der Waals surface area contributed by atoms with Gasteiger partial charge in [-0.1, -0.05) is 33.6 Å². The van der Waals surface area contributed by atoms with Gasteiger partial charge in [-0.25, -0.2) is 0 Å². The molecule has 8 aliphatic heterocycles. The van der Waals surface area contributed by atoms with Gasteiger partial charge in [0.25, 0.3) is 0 Å². The smallest absolute Gasteiger partial charge is 0.0594 e. The lowest BCUT2D eigenvalue weighted by atomic mass is 9.94. The first-order chi connectivity index (χ1) is 27.8. The summed E-state index contributed by atoms with van der Waals surface area (Å²) in [6.07, 6.45) is 13.9. The van der Waals surface area contributed by atoms with E-state index in [1.165, 1.54) is 169 Å². The number of morpholine rings is 1. The molecule has 0 amide bonds. The van der Waals surface area contributed by atoms with Crippen LogP contribution in [0.4, 0.5) is 0 Å². The fourth-order valence-corrected chi connectivity index (χ4v) is 8.02. The summed E-state index contributed by atoms with van der Waals surface area (Å²) in [4.78, 5) is 9.74. The Morgan fingerprint density at radius 3 is 1.30 bits per heavy atom. The molecular weight excluding hydrogens is 711 g/mol. The van der Waals surface area contributed by atoms with Gasteiger partial charge in [-0.05, 0) is 149 Å². The molecule has 12 heteroatoms. The first kappa shape index (κ1) is 52.7. The highest BCUT2D eigenvalue weighted by atomic mass is 16.5. The van der Waals surface area contributed by atoms with Crippen LogP contribution in [0.1, 0.15) is 91.9 Å². The van der Waals surface area contributed by atoms with Crippen LogP contribution in [0.25, 0.3) is 0 Å². The summed E-state index contributed by atoms with van der Waals surface area (Å²) >= 11 is 0. The van der Waals surface area contributed by atoms with Crippen LogP contribution in [-0.4, -0.2) is 203 Å². The molecule has 0 aromatic rings. The van der Waals surface area contributed by atoms with E-state index >= 15 is 0 Å². The zero-order valence-electron chi connectivity index (χ0n) is 38.8. The number of rotatable bonds is 3. The monoisotopic (exact) mass is 810 g/mol. The van der Waals surface area contributed by atoms with Gasteiger partial charge in [-0.3, -0.25) is 9.80 Å². The predicted octanol–water partition coefficient (Wildman–Crippen LogP) is 2.82. The minimum Gasteiger partial charge on any atom is -0.379 e. The van der Waals surface area contributed by atoms with Crippen molar-refractivity contribution >= 4 is 0 Å². The standard InChI is InChI=1S/C10H21N3O.C7H15N.C6H14N2.2C6H13N.C5H12N2.C5H11N/c1-3-12(4-2-11-1)5-6-13-7-9-14-10-8-13;1-6-3-7(2)5-8-4-6;1-8-5-2-3-7-4-6-8;1-6-2-4-7-5-3-6;1-6-4-2-3-5-7-6;1-7-4-2-6-3-5-7;1-2-4-6-5-3-1/h11H,1-10H2;6-8H,3-5H2,1-2H3;7H,2-6H2,1H3;2*6-7H,2-5H2,1H3;6H,2-5H2,1H3;6H,1-5H2. The largest absolute Gasteiger partial charge is 0.379 e. The Bertz CT molecular complexity index is 743. The van der Waals surface area contributed by atoms with Crippen molar-refractivity contribution in [2.24, 2.45) is 17.8 Å². The van der Waals surface area contributed by atoms with Gasteiger partial charge in [0.05, 0.1) is 13.2 Å². The lowest BCUT2D eigenvalue weighted by Gasteiger charge is -2.31. The van der Waals surface area contributed by atoms with Crippen molar-refractivity contribution in [3.8, 4) is 0 Å². The van der Waals surface area contributed by atoms with Crippen LogP contribution < -0.4 is 37.2 Å². The molecular formula is C45H99N11O. The summed E-state index contributed by atoms with van der Waals surface area (Å²) < 4.78 is 5.33. The van der Waals surface area contributed by atoms with E-state index in [-0.39, 0.29) is 0 Å². The summed E-state index contributed by atoms with van der Waals surface area (Å²) in [5, 5.41) is 23.4. The first-order valence-corrected chi connectivity index (χ1v) is 24.2. The molecule has 8 heterocycles. The fraction of sp³-hybridized carbons (Fsp3) is 1.00. The van der Waals surface area contributed by atoms with E-state index in [2.05, 4.69) is 98.6 Å². The molecule has 0 saturated carbocycles. The van der Waals surface area contributed by atoms with Crippen molar-refractivity contribution in [2.45, 2.75) is 97.9 Å². The van der Waals surface area contributed by atoms with E-state index in [0.29, 0.717) is 0 Å². The minimum atomic E-state index is 0.786. The number of piperidine rings is 4. The molecule has 57 heavy (non-hydrogen) atoms. The number of nitrogens with one attached hydrogen (secondary N) is 7. The molecule has 12 nitrogen and oxygen atoms in total. The lowest BCUT2D eigenvalue weighted by molar-refractivity contribution is 0.0328. The highest BCUT2D eigenvalue weighted by Gasteiger charge is 2.14. The highest BCUT2D eigenvalue weighted by Crippen LogP contribution is 2.14. The summed E-state index contributed by atoms with van der Waals surface area (Å²) in [5.74, 6) is 2.78. The number of piperazine rings is 2. The first-order valence-electron chi connectivity index (χ1n) is 24.2. The molecule has 0 radical (unpaired) electrons. The second-order valence-corrected chi connectivity index (χ2v) is 18.2. The zero-order valence-corrected chi connectivity index (χ0v) is 38.8. The molecule has 0 aliphatic carbocycles. The van der Waals surface area contributed by atoms with E-state index in [9.17, 15) is 0 Å². The summed E-state index contributed by atoms with van der Waals surface area (Å²) in [7, 11) is 4.33. The van der Waals surface area contributed by atoms with Gasteiger partial charge in [0.1, 0.15) is 0 Å². The van der Waals surface area contributed by atoms with Crippen LogP contribution in [-0.2, 0) is 4.74 Å². The molecule has 0 spiro atoms. The van der Waals surface area contributed by atoms with Crippen LogP contribution in [0.5, 0.6) is 0 Å². The lowest BCUT2D eigenvalue weighted by Crippen LogP contribution is -2.47. The molecule has 3 atom stereocenters. The van der Waals surface area contributed by atoms with Crippen molar-refractivity contribution in [2.75, 3.05) is 178 Å². The Kier molecular flexibility index (Phi) is 34.5. The van der Waals surface area contributed by atoms with Gasteiger partial charge in [-0.15, -0.1) is 0 Å². The normalized spacial score (nSPS) is 28.4. The number of nitrogens with zero attached hydrogens (tertiary/aromatic N) is 4. The van der Waals surface area contributed by atoms with E-state index in [1.54, 1.807) is 0 Å². The number of hydrogen-bond donors (Lipinski definition) is 7. The Morgan fingerprint density at radius 1 is 0.421 bits per heavy atom. The average Bonchev–Trinajstić information content (AvgIpc) is 3.51. The van der Waals surface area contributed by atoms with Gasteiger partial charge in [0.15, 0.2) is 0 Å². The topological polar surface area (TPSA) is 106 Å². The third kappa shape index (κ3) is 32.9. The molecule has 7 N–H and O–H groups in total. The number of ether oxygens (including phenoxy) is 1. The molecule has 0 bridgehead atoms. The van der Waals surface area contributed by atoms with Crippen molar-refractivity contribution in [1.29, 1.82) is 0 Å². The molecule has 8 fully saturated rings. The van der Waals surface area contributed by atoms with Crippen molar-refractivity contribution < 1.29 is 4.74 Å². The fourth-order valence-electron chi connectivity index (χ4n) is 8.02. The van der Waals surface area contributed by atoms with Crippen LogP contribution in [0.15, 0.2) is 0 Å². The molecule has 8 aliphatic rings. The van der Waals surface area contributed by atoms with Crippen molar-refractivity contribution in [3.05, 3.63) is 0 Å². The SMILES string of the molecule is C1CCNCC1.C1CN(CCN2CCOCC2)CCN1.CC1CCCCN1.CC1CCNCC1.CC1CNCC(C)C1.CN1CCCNCC1.CN1CCNCC1. The average molecular weight is 810 g/mol.